The SMILES string of the molecule is CC(C)(C)OC(=O)NCC(NC1CCSCC1)C1CCCC1. The maximum Gasteiger partial charge on any atom is 0.407 e. The Kier molecular flexibility index (Phi) is 6.87. The van der Waals surface area contributed by atoms with Crippen molar-refractivity contribution in [3.8, 4) is 0 Å². The Morgan fingerprint density at radius 1 is 1.18 bits per heavy atom. The van der Waals surface area contributed by atoms with Gasteiger partial charge in [-0.25, -0.2) is 4.79 Å². The number of hydrogen-bond acceptors (Lipinski definition) is 4. The second-order valence-corrected chi connectivity index (χ2v) is 8.81. The lowest BCUT2D eigenvalue weighted by Gasteiger charge is -2.32. The normalized spacial score (nSPS) is 22.5. The molecule has 128 valence electrons. The highest BCUT2D eigenvalue weighted by molar-refractivity contribution is 7.99. The van der Waals surface area contributed by atoms with Gasteiger partial charge in [-0.3, -0.25) is 0 Å². The largest absolute Gasteiger partial charge is 0.444 e. The summed E-state index contributed by atoms with van der Waals surface area (Å²) in [5.74, 6) is 3.22. The third-order valence-electron chi connectivity index (χ3n) is 4.51. The highest BCUT2D eigenvalue weighted by Crippen LogP contribution is 2.29. The summed E-state index contributed by atoms with van der Waals surface area (Å²) in [5, 5.41) is 6.81. The van der Waals surface area contributed by atoms with Crippen LogP contribution in [0.25, 0.3) is 0 Å². The molecule has 0 aromatic carbocycles. The van der Waals surface area contributed by atoms with E-state index in [1.165, 1.54) is 50.0 Å². The van der Waals surface area contributed by atoms with E-state index in [0.717, 1.165) is 0 Å². The number of alkyl carbamates (subject to hydrolysis) is 1. The highest BCUT2D eigenvalue weighted by Gasteiger charge is 2.28. The van der Waals surface area contributed by atoms with E-state index in [1.54, 1.807) is 0 Å². The molecule has 1 saturated heterocycles. The quantitative estimate of drug-likeness (QED) is 0.810. The molecule has 1 aliphatic carbocycles. The zero-order valence-corrected chi connectivity index (χ0v) is 15.1. The first-order chi connectivity index (χ1) is 10.4. The van der Waals surface area contributed by atoms with Gasteiger partial charge in [0.2, 0.25) is 0 Å². The molecular weight excluding hydrogens is 296 g/mol. The zero-order chi connectivity index (χ0) is 16.0. The van der Waals surface area contributed by atoms with Gasteiger partial charge in [-0.2, -0.15) is 11.8 Å². The van der Waals surface area contributed by atoms with Crippen LogP contribution in [0.5, 0.6) is 0 Å². The molecule has 0 aromatic rings. The summed E-state index contributed by atoms with van der Waals surface area (Å²) in [6.07, 6.45) is 7.44. The van der Waals surface area contributed by atoms with Crippen molar-refractivity contribution >= 4 is 17.9 Å². The second kappa shape index (κ2) is 8.44. The third-order valence-corrected chi connectivity index (χ3v) is 5.55. The topological polar surface area (TPSA) is 50.4 Å². The van der Waals surface area contributed by atoms with E-state index in [4.69, 9.17) is 4.74 Å². The summed E-state index contributed by atoms with van der Waals surface area (Å²) in [6.45, 7) is 6.39. The molecule has 1 unspecified atom stereocenters. The van der Waals surface area contributed by atoms with Crippen LogP contribution in [0.2, 0.25) is 0 Å². The van der Waals surface area contributed by atoms with Crippen molar-refractivity contribution in [1.29, 1.82) is 0 Å². The molecule has 1 aliphatic heterocycles. The van der Waals surface area contributed by atoms with Crippen LogP contribution in [-0.4, -0.2) is 41.8 Å². The molecular formula is C17H32N2O2S. The van der Waals surface area contributed by atoms with Crippen molar-refractivity contribution in [3.63, 3.8) is 0 Å². The van der Waals surface area contributed by atoms with Gasteiger partial charge in [0.1, 0.15) is 5.60 Å². The van der Waals surface area contributed by atoms with Gasteiger partial charge in [0.05, 0.1) is 0 Å². The lowest BCUT2D eigenvalue weighted by molar-refractivity contribution is 0.0516. The van der Waals surface area contributed by atoms with Gasteiger partial charge in [-0.05, 0) is 63.9 Å². The van der Waals surface area contributed by atoms with Crippen molar-refractivity contribution in [3.05, 3.63) is 0 Å². The summed E-state index contributed by atoms with van der Waals surface area (Å²) in [6, 6.07) is 1.01. The maximum absolute atomic E-state index is 11.9. The minimum Gasteiger partial charge on any atom is -0.444 e. The van der Waals surface area contributed by atoms with Crippen molar-refractivity contribution in [2.24, 2.45) is 5.92 Å². The average Bonchev–Trinajstić information content (AvgIpc) is 2.96. The number of carbonyl (C=O) groups is 1. The molecule has 2 fully saturated rings. The monoisotopic (exact) mass is 328 g/mol. The second-order valence-electron chi connectivity index (χ2n) is 7.59. The number of hydrogen-bond donors (Lipinski definition) is 2. The van der Waals surface area contributed by atoms with Crippen molar-refractivity contribution < 1.29 is 9.53 Å². The number of nitrogens with one attached hydrogen (secondary N) is 2. The first-order valence-corrected chi connectivity index (χ1v) is 9.90. The predicted molar refractivity (Wildman–Crippen MR) is 93.5 cm³/mol. The summed E-state index contributed by atoms with van der Waals surface area (Å²) in [5.41, 5.74) is -0.430. The van der Waals surface area contributed by atoms with Crippen LogP contribution in [0.3, 0.4) is 0 Å². The van der Waals surface area contributed by atoms with E-state index < -0.39 is 5.60 Å². The van der Waals surface area contributed by atoms with E-state index in [0.29, 0.717) is 24.5 Å². The molecule has 0 aromatic heterocycles. The van der Waals surface area contributed by atoms with E-state index >= 15 is 0 Å². The third kappa shape index (κ3) is 6.37. The van der Waals surface area contributed by atoms with Crippen LogP contribution in [-0.2, 0) is 4.74 Å². The van der Waals surface area contributed by atoms with E-state index in [-0.39, 0.29) is 6.09 Å². The fourth-order valence-electron chi connectivity index (χ4n) is 3.40. The Labute approximate surface area is 139 Å². The number of amides is 1. The summed E-state index contributed by atoms with van der Waals surface area (Å²) in [7, 11) is 0. The Morgan fingerprint density at radius 2 is 1.82 bits per heavy atom. The molecule has 1 heterocycles. The lowest BCUT2D eigenvalue weighted by Crippen LogP contribution is -2.50. The Hall–Kier alpha value is -0.420. The number of thioether (sulfide) groups is 1. The summed E-state index contributed by atoms with van der Waals surface area (Å²) in [4.78, 5) is 11.9. The molecule has 2 N–H and O–H groups in total. The maximum atomic E-state index is 11.9. The fraction of sp³-hybridized carbons (Fsp3) is 0.941. The van der Waals surface area contributed by atoms with Crippen molar-refractivity contribution in [2.45, 2.75) is 77.0 Å². The average molecular weight is 329 g/mol. The molecule has 22 heavy (non-hydrogen) atoms. The zero-order valence-electron chi connectivity index (χ0n) is 14.3. The van der Waals surface area contributed by atoms with Crippen LogP contribution < -0.4 is 10.6 Å². The highest BCUT2D eigenvalue weighted by atomic mass is 32.2. The first-order valence-electron chi connectivity index (χ1n) is 8.75. The van der Waals surface area contributed by atoms with Gasteiger partial charge in [0, 0.05) is 18.6 Å². The van der Waals surface area contributed by atoms with Gasteiger partial charge in [0.25, 0.3) is 0 Å². The Balaban J connectivity index is 1.82. The Morgan fingerprint density at radius 3 is 2.41 bits per heavy atom. The molecule has 2 rings (SSSR count). The predicted octanol–water partition coefficient (Wildman–Crippen LogP) is 3.56. The number of ether oxygens (including phenoxy) is 1. The van der Waals surface area contributed by atoms with Gasteiger partial charge in [-0.15, -0.1) is 0 Å². The number of rotatable bonds is 5. The molecule has 0 bridgehead atoms. The standard InChI is InChI=1S/C17H32N2O2S/c1-17(2,3)21-16(20)18-12-15(13-6-4-5-7-13)19-14-8-10-22-11-9-14/h13-15,19H,4-12H2,1-3H3,(H,18,20). The van der Waals surface area contributed by atoms with Crippen LogP contribution in [0.4, 0.5) is 4.79 Å². The molecule has 0 spiro atoms. The van der Waals surface area contributed by atoms with Gasteiger partial charge in [0.15, 0.2) is 0 Å². The number of carbonyl (C=O) groups excluding carboxylic acids is 1. The van der Waals surface area contributed by atoms with E-state index in [2.05, 4.69) is 22.4 Å². The summed E-state index contributed by atoms with van der Waals surface area (Å²) < 4.78 is 5.36. The van der Waals surface area contributed by atoms with Gasteiger partial charge in [-0.1, -0.05) is 12.8 Å². The minimum absolute atomic E-state index is 0.295. The van der Waals surface area contributed by atoms with Gasteiger partial charge < -0.3 is 15.4 Å². The van der Waals surface area contributed by atoms with E-state index in [1.807, 2.05) is 20.8 Å². The minimum atomic E-state index is -0.430. The molecule has 0 radical (unpaired) electrons. The van der Waals surface area contributed by atoms with Crippen LogP contribution in [0, 0.1) is 5.92 Å². The van der Waals surface area contributed by atoms with Crippen LogP contribution in [0.1, 0.15) is 59.3 Å². The molecule has 4 nitrogen and oxygen atoms in total. The van der Waals surface area contributed by atoms with Crippen LogP contribution in [0.15, 0.2) is 0 Å². The van der Waals surface area contributed by atoms with Crippen LogP contribution >= 0.6 is 11.8 Å². The first kappa shape index (κ1) is 17.9. The molecule has 1 saturated carbocycles. The Bertz CT molecular complexity index is 345. The molecule has 1 atom stereocenters. The van der Waals surface area contributed by atoms with Crippen molar-refractivity contribution in [2.75, 3.05) is 18.1 Å². The molecule has 1 amide bonds. The van der Waals surface area contributed by atoms with Crippen molar-refractivity contribution in [1.82, 2.24) is 10.6 Å². The smallest absolute Gasteiger partial charge is 0.407 e. The van der Waals surface area contributed by atoms with E-state index in [9.17, 15) is 4.79 Å². The fourth-order valence-corrected chi connectivity index (χ4v) is 4.50. The molecule has 5 heteroatoms. The van der Waals surface area contributed by atoms with Gasteiger partial charge >= 0.3 is 6.09 Å². The summed E-state index contributed by atoms with van der Waals surface area (Å²) >= 11 is 2.05. The molecule has 2 aliphatic rings. The lowest BCUT2D eigenvalue weighted by atomic mass is 9.96.